The molecule has 0 unspecified atom stereocenters. The van der Waals surface area contributed by atoms with Crippen LogP contribution in [0.25, 0.3) is 10.2 Å². The average Bonchev–Trinajstić information content (AvgIpc) is 2.93. The highest BCUT2D eigenvalue weighted by Gasteiger charge is 2.20. The van der Waals surface area contributed by atoms with Crippen molar-refractivity contribution in [3.05, 3.63) is 52.8 Å². The molecule has 1 atom stereocenters. The maximum atomic E-state index is 5.88. The van der Waals surface area contributed by atoms with Crippen LogP contribution in [0, 0.1) is 0 Å². The van der Waals surface area contributed by atoms with E-state index in [9.17, 15) is 0 Å². The fraction of sp³-hybridized carbons (Fsp3) is 0.333. The molecule has 1 aromatic carbocycles. The molecule has 5 heteroatoms. The minimum absolute atomic E-state index is 0.382. The second kappa shape index (κ2) is 5.91. The molecule has 0 bridgehead atoms. The van der Waals surface area contributed by atoms with Crippen molar-refractivity contribution in [1.82, 2.24) is 14.9 Å². The number of hydrogen-bond acceptors (Lipinski definition) is 5. The van der Waals surface area contributed by atoms with Crippen molar-refractivity contribution < 1.29 is 0 Å². The van der Waals surface area contributed by atoms with E-state index >= 15 is 0 Å². The van der Waals surface area contributed by atoms with E-state index in [0.717, 1.165) is 37.1 Å². The van der Waals surface area contributed by atoms with E-state index in [0.29, 0.717) is 6.04 Å². The maximum absolute atomic E-state index is 5.88. The SMILES string of the molecule is C[C@H](c1ccc2scnc2c1)N1CCc2cc(N)cnc2CC1. The van der Waals surface area contributed by atoms with Gasteiger partial charge in [-0.1, -0.05) is 6.07 Å². The van der Waals surface area contributed by atoms with Crippen LogP contribution < -0.4 is 5.73 Å². The van der Waals surface area contributed by atoms with Gasteiger partial charge in [-0.3, -0.25) is 9.88 Å². The van der Waals surface area contributed by atoms with Crippen LogP contribution in [0.4, 0.5) is 5.69 Å². The van der Waals surface area contributed by atoms with Crippen LogP contribution in [0.1, 0.15) is 29.8 Å². The molecule has 4 nitrogen and oxygen atoms in total. The lowest BCUT2D eigenvalue weighted by Crippen LogP contribution is -2.29. The van der Waals surface area contributed by atoms with Crippen molar-refractivity contribution in [1.29, 1.82) is 0 Å². The fourth-order valence-corrected chi connectivity index (χ4v) is 4.02. The van der Waals surface area contributed by atoms with Crippen molar-refractivity contribution in [3.8, 4) is 0 Å². The Morgan fingerprint density at radius 3 is 2.96 bits per heavy atom. The summed E-state index contributed by atoms with van der Waals surface area (Å²) in [6.45, 7) is 4.35. The summed E-state index contributed by atoms with van der Waals surface area (Å²) < 4.78 is 1.25. The molecule has 2 N–H and O–H groups in total. The summed E-state index contributed by atoms with van der Waals surface area (Å²) in [7, 11) is 0. The molecule has 1 aliphatic heterocycles. The predicted molar refractivity (Wildman–Crippen MR) is 95.7 cm³/mol. The van der Waals surface area contributed by atoms with Gasteiger partial charge in [-0.2, -0.15) is 0 Å². The number of thiazole rings is 1. The van der Waals surface area contributed by atoms with Gasteiger partial charge in [0, 0.05) is 31.2 Å². The van der Waals surface area contributed by atoms with E-state index in [1.54, 1.807) is 17.5 Å². The van der Waals surface area contributed by atoms with Gasteiger partial charge in [0.05, 0.1) is 27.6 Å². The quantitative estimate of drug-likeness (QED) is 0.784. The summed E-state index contributed by atoms with van der Waals surface area (Å²) in [6, 6.07) is 9.11. The summed E-state index contributed by atoms with van der Waals surface area (Å²) in [5, 5.41) is 0. The predicted octanol–water partition coefficient (Wildman–Crippen LogP) is 3.44. The minimum atomic E-state index is 0.382. The van der Waals surface area contributed by atoms with Crippen LogP contribution in [0.5, 0.6) is 0 Å². The van der Waals surface area contributed by atoms with E-state index in [4.69, 9.17) is 5.73 Å². The Morgan fingerprint density at radius 2 is 2.04 bits per heavy atom. The first-order chi connectivity index (χ1) is 11.2. The zero-order valence-electron chi connectivity index (χ0n) is 13.2. The molecule has 0 spiro atoms. The van der Waals surface area contributed by atoms with Crippen molar-refractivity contribution >= 4 is 27.2 Å². The number of anilines is 1. The van der Waals surface area contributed by atoms with Gasteiger partial charge in [-0.15, -0.1) is 11.3 Å². The van der Waals surface area contributed by atoms with Crippen LogP contribution in [0.2, 0.25) is 0 Å². The van der Waals surface area contributed by atoms with Gasteiger partial charge in [0.1, 0.15) is 0 Å². The Balaban J connectivity index is 1.56. The van der Waals surface area contributed by atoms with Gasteiger partial charge >= 0.3 is 0 Å². The van der Waals surface area contributed by atoms with Gasteiger partial charge in [0.15, 0.2) is 0 Å². The van der Waals surface area contributed by atoms with E-state index in [1.165, 1.54) is 21.5 Å². The molecule has 0 amide bonds. The third-order valence-corrected chi connectivity index (χ3v) is 5.58. The topological polar surface area (TPSA) is 55.0 Å². The molecule has 0 saturated heterocycles. The van der Waals surface area contributed by atoms with Gasteiger partial charge in [-0.25, -0.2) is 4.98 Å². The van der Waals surface area contributed by atoms with E-state index in [1.807, 2.05) is 5.51 Å². The monoisotopic (exact) mass is 324 g/mol. The molecule has 4 rings (SSSR count). The molecule has 2 aromatic heterocycles. The van der Waals surface area contributed by atoms with Crippen LogP contribution in [-0.2, 0) is 12.8 Å². The summed E-state index contributed by atoms with van der Waals surface area (Å²) in [6.07, 6.45) is 3.77. The molecule has 3 heterocycles. The highest BCUT2D eigenvalue weighted by atomic mass is 32.1. The number of aromatic nitrogens is 2. The lowest BCUT2D eigenvalue weighted by Gasteiger charge is -2.27. The standard InChI is InChI=1S/C18H20N4S/c1-12(13-2-3-18-17(9-13)21-11-23-18)22-6-4-14-8-15(19)10-20-16(14)5-7-22/h2-3,8-12H,4-7,19H2,1H3/t12-/m1/s1. The Hall–Kier alpha value is -1.98. The van der Waals surface area contributed by atoms with Crippen LogP contribution in [-0.4, -0.2) is 28.0 Å². The Kier molecular flexibility index (Phi) is 3.75. The maximum Gasteiger partial charge on any atom is 0.0815 e. The third-order valence-electron chi connectivity index (χ3n) is 4.77. The number of nitrogens with two attached hydrogens (primary N) is 1. The normalized spacial score (nSPS) is 16.9. The first-order valence-electron chi connectivity index (χ1n) is 8.01. The summed E-state index contributed by atoms with van der Waals surface area (Å²) >= 11 is 1.69. The number of hydrogen-bond donors (Lipinski definition) is 1. The minimum Gasteiger partial charge on any atom is -0.397 e. The molecule has 23 heavy (non-hydrogen) atoms. The van der Waals surface area contributed by atoms with Gasteiger partial charge < -0.3 is 5.73 Å². The number of fused-ring (bicyclic) bond motifs is 2. The molecule has 0 saturated carbocycles. The number of nitrogens with zero attached hydrogens (tertiary/aromatic N) is 3. The molecule has 3 aromatic rings. The highest BCUT2D eigenvalue weighted by molar-refractivity contribution is 7.16. The molecule has 0 fully saturated rings. The molecule has 0 radical (unpaired) electrons. The molecular weight excluding hydrogens is 304 g/mol. The second-order valence-electron chi connectivity index (χ2n) is 6.17. The lowest BCUT2D eigenvalue weighted by atomic mass is 10.1. The fourth-order valence-electron chi connectivity index (χ4n) is 3.36. The van der Waals surface area contributed by atoms with Gasteiger partial charge in [0.2, 0.25) is 0 Å². The van der Waals surface area contributed by atoms with Crippen LogP contribution in [0.15, 0.2) is 36.0 Å². The largest absolute Gasteiger partial charge is 0.397 e. The number of benzene rings is 1. The van der Waals surface area contributed by atoms with Gasteiger partial charge in [-0.05, 0) is 42.7 Å². The summed E-state index contributed by atoms with van der Waals surface area (Å²) in [5.74, 6) is 0. The van der Waals surface area contributed by atoms with Crippen molar-refractivity contribution in [2.45, 2.75) is 25.8 Å². The van der Waals surface area contributed by atoms with Crippen LogP contribution >= 0.6 is 11.3 Å². The first-order valence-corrected chi connectivity index (χ1v) is 8.89. The average molecular weight is 324 g/mol. The van der Waals surface area contributed by atoms with Crippen LogP contribution in [0.3, 0.4) is 0 Å². The lowest BCUT2D eigenvalue weighted by molar-refractivity contribution is 0.221. The highest BCUT2D eigenvalue weighted by Crippen LogP contribution is 2.27. The van der Waals surface area contributed by atoms with E-state index in [-0.39, 0.29) is 0 Å². The van der Waals surface area contributed by atoms with E-state index < -0.39 is 0 Å². The Labute approximate surface area is 140 Å². The molecule has 0 aliphatic carbocycles. The molecular formula is C18H20N4S. The first kappa shape index (κ1) is 14.6. The number of rotatable bonds is 2. The third kappa shape index (κ3) is 2.82. The van der Waals surface area contributed by atoms with Crippen molar-refractivity contribution in [3.63, 3.8) is 0 Å². The Morgan fingerprint density at radius 1 is 1.17 bits per heavy atom. The Bertz CT molecular complexity index is 842. The number of nitrogen functional groups attached to an aromatic ring is 1. The second-order valence-corrected chi connectivity index (χ2v) is 7.05. The molecule has 118 valence electrons. The van der Waals surface area contributed by atoms with Crippen molar-refractivity contribution in [2.75, 3.05) is 18.8 Å². The zero-order chi connectivity index (χ0) is 15.8. The summed E-state index contributed by atoms with van der Waals surface area (Å²) in [4.78, 5) is 11.5. The molecule has 1 aliphatic rings. The smallest absolute Gasteiger partial charge is 0.0815 e. The summed E-state index contributed by atoms with van der Waals surface area (Å²) in [5.41, 5.74) is 13.5. The zero-order valence-corrected chi connectivity index (χ0v) is 14.0. The number of pyridine rings is 1. The van der Waals surface area contributed by atoms with Crippen molar-refractivity contribution in [2.24, 2.45) is 0 Å². The van der Waals surface area contributed by atoms with Gasteiger partial charge in [0.25, 0.3) is 0 Å². The van der Waals surface area contributed by atoms with E-state index in [2.05, 4.69) is 46.1 Å².